The van der Waals surface area contributed by atoms with Crippen molar-refractivity contribution in [2.24, 2.45) is 0 Å². The lowest BCUT2D eigenvalue weighted by Gasteiger charge is -2.32. The first-order valence-corrected chi connectivity index (χ1v) is 11.0. The second kappa shape index (κ2) is 8.02. The number of nitrogens with zero attached hydrogens (tertiary/aromatic N) is 4. The summed E-state index contributed by atoms with van der Waals surface area (Å²) in [5.41, 5.74) is 3.41. The third kappa shape index (κ3) is 3.43. The van der Waals surface area contributed by atoms with Gasteiger partial charge in [-0.2, -0.15) is 0 Å². The van der Waals surface area contributed by atoms with Crippen molar-refractivity contribution in [1.82, 2.24) is 10.1 Å². The highest BCUT2D eigenvalue weighted by Crippen LogP contribution is 2.51. The van der Waals surface area contributed by atoms with Crippen LogP contribution >= 0.6 is 0 Å². The Labute approximate surface area is 192 Å². The van der Waals surface area contributed by atoms with Crippen molar-refractivity contribution in [2.45, 2.75) is 37.6 Å². The van der Waals surface area contributed by atoms with Gasteiger partial charge < -0.3 is 10.0 Å². The van der Waals surface area contributed by atoms with E-state index in [0.29, 0.717) is 5.69 Å². The Kier molecular flexibility index (Phi) is 5.27. The highest BCUT2D eigenvalue weighted by atomic mass is 17.0. The standard InChI is InChI=1S/C24H28N4O5/c1-24-11-12-25(2)22(24)26(3)19-10-9-17(13-18(19)24)27(23(30)31)20-15-33-28(21(20)29)32-14-16-7-5-4-6-8-16/h4-10,13,20,22H,11-12,14-15H2,1-3H3,(H,30,31)/t20-,22-,24+/m1/s1. The molecule has 0 aliphatic carbocycles. The van der Waals surface area contributed by atoms with E-state index in [0.717, 1.165) is 39.9 Å². The van der Waals surface area contributed by atoms with Crippen molar-refractivity contribution >= 4 is 23.4 Å². The van der Waals surface area contributed by atoms with Gasteiger partial charge in [-0.15, -0.1) is 0 Å². The van der Waals surface area contributed by atoms with Gasteiger partial charge in [0.25, 0.3) is 5.91 Å². The van der Waals surface area contributed by atoms with Crippen LogP contribution in [-0.4, -0.2) is 66.7 Å². The van der Waals surface area contributed by atoms with Gasteiger partial charge in [-0.05, 0) is 42.8 Å². The van der Waals surface area contributed by atoms with Crippen molar-refractivity contribution in [1.29, 1.82) is 0 Å². The van der Waals surface area contributed by atoms with E-state index in [1.165, 1.54) is 0 Å². The van der Waals surface area contributed by atoms with Gasteiger partial charge in [-0.25, -0.2) is 14.5 Å². The SMILES string of the molecule is CN1CC[C@@]2(C)c3cc(N(C(=O)O)[C@@H]4CON(OCc5ccccc5)C4=O)ccc3N(C)[C@@H]12. The molecule has 3 heterocycles. The summed E-state index contributed by atoms with van der Waals surface area (Å²) < 4.78 is 0. The smallest absolute Gasteiger partial charge is 0.412 e. The molecule has 0 aromatic heterocycles. The molecule has 33 heavy (non-hydrogen) atoms. The fourth-order valence-corrected chi connectivity index (χ4v) is 5.53. The molecule has 1 N–H and O–H groups in total. The number of carbonyl (C=O) groups is 2. The molecule has 0 spiro atoms. The number of anilines is 2. The number of carbonyl (C=O) groups excluding carboxylic acids is 1. The molecule has 9 nitrogen and oxygen atoms in total. The van der Waals surface area contributed by atoms with Gasteiger partial charge in [0.05, 0.1) is 6.17 Å². The third-order valence-electron chi connectivity index (χ3n) is 7.12. The van der Waals surface area contributed by atoms with Crippen LogP contribution in [0, 0.1) is 0 Å². The number of amides is 2. The molecule has 3 aliphatic rings. The number of fused-ring (bicyclic) bond motifs is 3. The highest BCUT2D eigenvalue weighted by Gasteiger charge is 2.52. The van der Waals surface area contributed by atoms with E-state index in [-0.39, 0.29) is 24.8 Å². The quantitative estimate of drug-likeness (QED) is 0.747. The fourth-order valence-electron chi connectivity index (χ4n) is 5.53. The summed E-state index contributed by atoms with van der Waals surface area (Å²) in [5, 5.41) is 10.8. The third-order valence-corrected chi connectivity index (χ3v) is 7.12. The van der Waals surface area contributed by atoms with E-state index in [4.69, 9.17) is 9.68 Å². The Bertz CT molecular complexity index is 1080. The molecular formula is C24H28N4O5. The zero-order valence-corrected chi connectivity index (χ0v) is 19.0. The molecule has 174 valence electrons. The summed E-state index contributed by atoms with van der Waals surface area (Å²) in [7, 11) is 4.18. The Hall–Kier alpha value is -3.14. The van der Waals surface area contributed by atoms with Crippen LogP contribution in [-0.2, 0) is 26.5 Å². The summed E-state index contributed by atoms with van der Waals surface area (Å²) in [5.74, 6) is -0.546. The summed E-state index contributed by atoms with van der Waals surface area (Å²) in [6.07, 6.45) is -0.00743. The predicted molar refractivity (Wildman–Crippen MR) is 122 cm³/mol. The summed E-state index contributed by atoms with van der Waals surface area (Å²) in [6.45, 7) is 3.23. The number of likely N-dealkylation sites (tertiary alicyclic amines) is 1. The molecule has 2 fully saturated rings. The topological polar surface area (TPSA) is 85.8 Å². The monoisotopic (exact) mass is 452 g/mol. The Morgan fingerprint density at radius 3 is 2.73 bits per heavy atom. The lowest BCUT2D eigenvalue weighted by atomic mass is 9.81. The van der Waals surface area contributed by atoms with E-state index in [9.17, 15) is 14.7 Å². The Morgan fingerprint density at radius 1 is 1.24 bits per heavy atom. The summed E-state index contributed by atoms with van der Waals surface area (Å²) in [4.78, 5) is 41.8. The van der Waals surface area contributed by atoms with Crippen molar-refractivity contribution in [2.75, 3.05) is 37.0 Å². The van der Waals surface area contributed by atoms with Crippen LogP contribution in [0.3, 0.4) is 0 Å². The van der Waals surface area contributed by atoms with Crippen LogP contribution in [0.4, 0.5) is 16.2 Å². The van der Waals surface area contributed by atoms with E-state index in [1.54, 1.807) is 6.07 Å². The first-order valence-electron chi connectivity index (χ1n) is 11.0. The lowest BCUT2D eigenvalue weighted by molar-refractivity contribution is -0.327. The maximum Gasteiger partial charge on any atom is 0.412 e. The maximum absolute atomic E-state index is 13.0. The summed E-state index contributed by atoms with van der Waals surface area (Å²) >= 11 is 0. The van der Waals surface area contributed by atoms with Gasteiger partial charge in [0.2, 0.25) is 0 Å². The number of hydrogen-bond acceptors (Lipinski definition) is 6. The molecule has 0 unspecified atom stereocenters. The maximum atomic E-state index is 13.0. The minimum Gasteiger partial charge on any atom is -0.465 e. The van der Waals surface area contributed by atoms with Crippen molar-refractivity contribution in [3.63, 3.8) is 0 Å². The molecule has 0 bridgehead atoms. The molecule has 0 saturated carbocycles. The molecule has 2 saturated heterocycles. The first-order chi connectivity index (χ1) is 15.8. The average Bonchev–Trinajstić information content (AvgIpc) is 3.39. The largest absolute Gasteiger partial charge is 0.465 e. The first kappa shape index (κ1) is 21.7. The van der Waals surface area contributed by atoms with Gasteiger partial charge in [-0.3, -0.25) is 14.6 Å². The molecular weight excluding hydrogens is 424 g/mol. The van der Waals surface area contributed by atoms with Crippen molar-refractivity contribution < 1.29 is 24.4 Å². The van der Waals surface area contributed by atoms with E-state index >= 15 is 0 Å². The Balaban J connectivity index is 1.39. The van der Waals surface area contributed by atoms with Gasteiger partial charge in [0.15, 0.2) is 0 Å². The molecule has 9 heteroatoms. The zero-order valence-electron chi connectivity index (χ0n) is 19.0. The molecule has 2 amide bonds. The number of hydrogen-bond donors (Lipinski definition) is 1. The minimum absolute atomic E-state index is 0.111. The van der Waals surface area contributed by atoms with Gasteiger partial charge >= 0.3 is 6.09 Å². The highest BCUT2D eigenvalue weighted by molar-refractivity contribution is 5.97. The fraction of sp³-hybridized carbons (Fsp3) is 0.417. The number of carboxylic acid groups (broad SMARTS) is 1. The van der Waals surface area contributed by atoms with Gasteiger partial charge in [-0.1, -0.05) is 42.5 Å². The van der Waals surface area contributed by atoms with Gasteiger partial charge in [0.1, 0.15) is 19.3 Å². The predicted octanol–water partition coefficient (Wildman–Crippen LogP) is 2.81. The van der Waals surface area contributed by atoms with Crippen LogP contribution in [0.15, 0.2) is 48.5 Å². The van der Waals surface area contributed by atoms with Crippen LogP contribution in [0.25, 0.3) is 0 Å². The van der Waals surface area contributed by atoms with Crippen molar-refractivity contribution in [3.8, 4) is 0 Å². The second-order valence-electron chi connectivity index (χ2n) is 9.15. The second-order valence-corrected chi connectivity index (χ2v) is 9.15. The molecule has 2 aromatic carbocycles. The molecule has 3 atom stereocenters. The summed E-state index contributed by atoms with van der Waals surface area (Å²) in [6, 6.07) is 14.0. The van der Waals surface area contributed by atoms with Crippen LogP contribution in [0.2, 0.25) is 0 Å². The zero-order chi connectivity index (χ0) is 23.3. The van der Waals surface area contributed by atoms with Crippen LogP contribution < -0.4 is 9.80 Å². The van der Waals surface area contributed by atoms with Crippen LogP contribution in [0.1, 0.15) is 24.5 Å². The number of benzene rings is 2. The number of hydroxylamine groups is 2. The molecule has 2 aromatic rings. The Morgan fingerprint density at radius 2 is 2.00 bits per heavy atom. The van der Waals surface area contributed by atoms with E-state index in [2.05, 4.69) is 30.8 Å². The van der Waals surface area contributed by atoms with Crippen molar-refractivity contribution in [3.05, 3.63) is 59.7 Å². The minimum atomic E-state index is -1.21. The lowest BCUT2D eigenvalue weighted by Crippen LogP contribution is -2.46. The van der Waals surface area contributed by atoms with E-state index < -0.39 is 18.0 Å². The van der Waals surface area contributed by atoms with E-state index in [1.807, 2.05) is 42.5 Å². The van der Waals surface area contributed by atoms with Crippen LogP contribution in [0.5, 0.6) is 0 Å². The normalized spacial score (nSPS) is 26.6. The number of rotatable bonds is 5. The van der Waals surface area contributed by atoms with Gasteiger partial charge in [0, 0.05) is 30.4 Å². The average molecular weight is 453 g/mol. The number of likely N-dealkylation sites (N-methyl/N-ethyl adjacent to an activating group) is 2. The molecule has 3 aliphatic heterocycles. The molecule has 5 rings (SSSR count). The molecule has 0 radical (unpaired) electrons.